The molecule has 148 valence electrons. The predicted molar refractivity (Wildman–Crippen MR) is 108 cm³/mol. The van der Waals surface area contributed by atoms with Gasteiger partial charge in [0.25, 0.3) is 5.91 Å². The number of amides is 1. The smallest absolute Gasteiger partial charge is 0.281 e. The van der Waals surface area contributed by atoms with E-state index in [1.165, 1.54) is 17.1 Å². The Morgan fingerprint density at radius 1 is 1.21 bits per heavy atom. The number of hydrogen-bond donors (Lipinski definition) is 0. The fraction of sp³-hybridized carbons (Fsp3) is 0.143. The first-order valence-corrected chi connectivity index (χ1v) is 9.53. The first-order chi connectivity index (χ1) is 14.0. The van der Waals surface area contributed by atoms with Gasteiger partial charge in [0.05, 0.1) is 17.0 Å². The standard InChI is InChI=1S/C21H15Cl2FN2O3/c22-14-5-3-13(4-6-14)17-11-18(20-2-1-9-28-20)26(25-17)21(27)12-29-19-8-7-15(24)10-16(19)23/h1-10,18H,11-12H2/t18-/m0/s1. The minimum atomic E-state index is -0.483. The molecule has 3 aromatic rings. The normalized spacial score (nSPS) is 16.0. The molecule has 1 atom stereocenters. The average molecular weight is 433 g/mol. The fourth-order valence-electron chi connectivity index (χ4n) is 3.06. The van der Waals surface area contributed by atoms with Gasteiger partial charge in [-0.1, -0.05) is 35.3 Å². The molecule has 0 N–H and O–H groups in total. The molecular weight excluding hydrogens is 418 g/mol. The molecule has 2 heterocycles. The van der Waals surface area contributed by atoms with Crippen LogP contribution in [0.4, 0.5) is 4.39 Å². The van der Waals surface area contributed by atoms with E-state index in [4.69, 9.17) is 32.4 Å². The number of carbonyl (C=O) groups is 1. The van der Waals surface area contributed by atoms with Gasteiger partial charge in [0.15, 0.2) is 6.61 Å². The number of halogens is 3. The zero-order valence-electron chi connectivity index (χ0n) is 15.0. The molecule has 1 aromatic heterocycles. The van der Waals surface area contributed by atoms with Crippen molar-refractivity contribution in [2.24, 2.45) is 5.10 Å². The lowest BCUT2D eigenvalue weighted by Gasteiger charge is -2.20. The van der Waals surface area contributed by atoms with Gasteiger partial charge in [-0.15, -0.1) is 0 Å². The molecule has 0 radical (unpaired) electrons. The molecule has 5 nitrogen and oxygen atoms in total. The maximum absolute atomic E-state index is 13.2. The number of ether oxygens (including phenoxy) is 1. The van der Waals surface area contributed by atoms with Crippen LogP contribution in [0.5, 0.6) is 5.75 Å². The highest BCUT2D eigenvalue weighted by molar-refractivity contribution is 6.32. The van der Waals surface area contributed by atoms with Crippen LogP contribution in [0, 0.1) is 5.82 Å². The van der Waals surface area contributed by atoms with Crippen molar-refractivity contribution >= 4 is 34.8 Å². The predicted octanol–water partition coefficient (Wildman–Crippen LogP) is 5.48. The van der Waals surface area contributed by atoms with Crippen LogP contribution in [0.3, 0.4) is 0 Å². The van der Waals surface area contributed by atoms with Gasteiger partial charge in [0.2, 0.25) is 0 Å². The molecule has 0 fully saturated rings. The molecule has 29 heavy (non-hydrogen) atoms. The van der Waals surface area contributed by atoms with Crippen LogP contribution in [-0.2, 0) is 4.79 Å². The number of benzene rings is 2. The molecule has 0 saturated heterocycles. The molecule has 0 unspecified atom stereocenters. The Morgan fingerprint density at radius 2 is 2.00 bits per heavy atom. The van der Waals surface area contributed by atoms with Crippen molar-refractivity contribution in [1.82, 2.24) is 5.01 Å². The SMILES string of the molecule is O=C(COc1ccc(F)cc1Cl)N1N=C(c2ccc(Cl)cc2)C[C@H]1c1ccco1. The summed E-state index contributed by atoms with van der Waals surface area (Å²) in [4.78, 5) is 12.8. The van der Waals surface area contributed by atoms with E-state index in [-0.39, 0.29) is 23.3 Å². The van der Waals surface area contributed by atoms with Crippen LogP contribution >= 0.6 is 23.2 Å². The molecule has 2 aromatic carbocycles. The minimum absolute atomic E-state index is 0.0900. The van der Waals surface area contributed by atoms with Gasteiger partial charge in [-0.25, -0.2) is 9.40 Å². The van der Waals surface area contributed by atoms with Crippen molar-refractivity contribution in [3.05, 3.63) is 88.0 Å². The Kier molecular flexibility index (Phi) is 5.56. The third kappa shape index (κ3) is 4.28. The highest BCUT2D eigenvalue weighted by Crippen LogP contribution is 2.33. The summed E-state index contributed by atoms with van der Waals surface area (Å²) in [5.41, 5.74) is 1.60. The van der Waals surface area contributed by atoms with Gasteiger partial charge in [0.1, 0.15) is 23.4 Å². The number of hydrogen-bond acceptors (Lipinski definition) is 4. The first kappa shape index (κ1) is 19.5. The Hall–Kier alpha value is -2.83. The molecule has 1 amide bonds. The van der Waals surface area contributed by atoms with E-state index >= 15 is 0 Å². The van der Waals surface area contributed by atoms with E-state index < -0.39 is 11.9 Å². The fourth-order valence-corrected chi connectivity index (χ4v) is 3.41. The van der Waals surface area contributed by atoms with Gasteiger partial charge in [-0.2, -0.15) is 5.10 Å². The highest BCUT2D eigenvalue weighted by Gasteiger charge is 2.35. The van der Waals surface area contributed by atoms with E-state index in [1.807, 2.05) is 12.1 Å². The summed E-state index contributed by atoms with van der Waals surface area (Å²) in [5, 5.41) is 6.55. The summed E-state index contributed by atoms with van der Waals surface area (Å²) in [7, 11) is 0. The summed E-state index contributed by atoms with van der Waals surface area (Å²) in [6.07, 6.45) is 2.03. The first-order valence-electron chi connectivity index (χ1n) is 8.78. The van der Waals surface area contributed by atoms with Crippen LogP contribution in [0.2, 0.25) is 10.0 Å². The molecule has 0 saturated carbocycles. The van der Waals surface area contributed by atoms with Crippen molar-refractivity contribution < 1.29 is 18.3 Å². The maximum atomic E-state index is 13.2. The maximum Gasteiger partial charge on any atom is 0.281 e. The highest BCUT2D eigenvalue weighted by atomic mass is 35.5. The van der Waals surface area contributed by atoms with E-state index in [0.29, 0.717) is 17.2 Å². The second kappa shape index (κ2) is 8.27. The molecule has 0 bridgehead atoms. The van der Waals surface area contributed by atoms with Crippen LogP contribution < -0.4 is 4.74 Å². The lowest BCUT2D eigenvalue weighted by molar-refractivity contribution is -0.135. The van der Waals surface area contributed by atoms with Crippen molar-refractivity contribution in [3.8, 4) is 5.75 Å². The third-order valence-corrected chi connectivity index (χ3v) is 5.01. The van der Waals surface area contributed by atoms with Crippen molar-refractivity contribution in [2.45, 2.75) is 12.5 Å². The largest absolute Gasteiger partial charge is 0.482 e. The average Bonchev–Trinajstić information content (AvgIpc) is 3.37. The summed E-state index contributed by atoms with van der Waals surface area (Å²) >= 11 is 11.9. The number of carbonyl (C=O) groups excluding carboxylic acids is 1. The van der Waals surface area contributed by atoms with Gasteiger partial charge in [-0.05, 0) is 48.0 Å². The molecule has 0 spiro atoms. The second-order valence-corrected chi connectivity index (χ2v) is 7.23. The number of hydrazone groups is 1. The molecule has 4 rings (SSSR count). The zero-order valence-corrected chi connectivity index (χ0v) is 16.5. The van der Waals surface area contributed by atoms with Crippen LogP contribution in [0.15, 0.2) is 70.4 Å². The molecule has 1 aliphatic heterocycles. The number of furan rings is 1. The van der Waals surface area contributed by atoms with E-state index in [9.17, 15) is 9.18 Å². The number of rotatable bonds is 5. The van der Waals surface area contributed by atoms with E-state index in [1.54, 1.807) is 30.5 Å². The Labute approximate surface area is 176 Å². The van der Waals surface area contributed by atoms with E-state index in [0.717, 1.165) is 17.3 Å². The Bertz CT molecular complexity index is 1050. The molecule has 0 aliphatic carbocycles. The van der Waals surface area contributed by atoms with Crippen molar-refractivity contribution in [2.75, 3.05) is 6.61 Å². The molecule has 8 heteroatoms. The van der Waals surface area contributed by atoms with Crippen LogP contribution in [0.1, 0.15) is 23.8 Å². The van der Waals surface area contributed by atoms with Gasteiger partial charge < -0.3 is 9.15 Å². The van der Waals surface area contributed by atoms with Gasteiger partial charge in [0, 0.05) is 11.4 Å². The van der Waals surface area contributed by atoms with Gasteiger partial charge >= 0.3 is 0 Å². The van der Waals surface area contributed by atoms with Crippen molar-refractivity contribution in [1.29, 1.82) is 0 Å². The Morgan fingerprint density at radius 3 is 2.69 bits per heavy atom. The summed E-state index contributed by atoms with van der Waals surface area (Å²) in [6.45, 7) is -0.306. The zero-order chi connectivity index (χ0) is 20.4. The Balaban J connectivity index is 1.55. The number of nitrogens with zero attached hydrogens (tertiary/aromatic N) is 2. The second-order valence-electron chi connectivity index (χ2n) is 6.39. The summed E-state index contributed by atoms with van der Waals surface area (Å²) in [5.74, 6) is -0.0259. The van der Waals surface area contributed by atoms with Crippen molar-refractivity contribution in [3.63, 3.8) is 0 Å². The molecule has 1 aliphatic rings. The van der Waals surface area contributed by atoms with Crippen LogP contribution in [-0.4, -0.2) is 23.2 Å². The third-order valence-electron chi connectivity index (χ3n) is 4.46. The summed E-state index contributed by atoms with van der Waals surface area (Å²) in [6, 6.07) is 14.1. The monoisotopic (exact) mass is 432 g/mol. The van der Waals surface area contributed by atoms with Gasteiger partial charge in [-0.3, -0.25) is 4.79 Å². The lowest BCUT2D eigenvalue weighted by Crippen LogP contribution is -2.31. The van der Waals surface area contributed by atoms with Crippen LogP contribution in [0.25, 0.3) is 0 Å². The molecular formula is C21H15Cl2FN2O3. The van der Waals surface area contributed by atoms with E-state index in [2.05, 4.69) is 5.10 Å². The minimum Gasteiger partial charge on any atom is -0.482 e. The summed E-state index contributed by atoms with van der Waals surface area (Å²) < 4.78 is 24.2. The lowest BCUT2D eigenvalue weighted by atomic mass is 10.0. The topological polar surface area (TPSA) is 55.0 Å². The quantitative estimate of drug-likeness (QED) is 0.535.